The lowest BCUT2D eigenvalue weighted by molar-refractivity contribution is 0.295. The van der Waals surface area contributed by atoms with E-state index in [0.717, 1.165) is 18.4 Å². The van der Waals surface area contributed by atoms with Crippen molar-refractivity contribution in [3.63, 3.8) is 0 Å². The fourth-order valence-corrected chi connectivity index (χ4v) is 3.66. The summed E-state index contributed by atoms with van der Waals surface area (Å²) in [5.41, 5.74) is 3.61. The molecule has 2 aromatic carbocycles. The second-order valence-corrected chi connectivity index (χ2v) is 7.14. The summed E-state index contributed by atoms with van der Waals surface area (Å²) in [5, 5.41) is 12.6. The number of halogens is 1. The Labute approximate surface area is 152 Å². The van der Waals surface area contributed by atoms with E-state index in [4.69, 9.17) is 16.0 Å². The highest BCUT2D eigenvalue weighted by Crippen LogP contribution is 2.35. The van der Waals surface area contributed by atoms with Crippen molar-refractivity contribution in [1.82, 2.24) is 15.5 Å². The number of rotatable bonds is 4. The number of nitrogens with zero attached hydrogens (tertiary/aromatic N) is 2. The Hall–Kier alpha value is -2.17. The highest BCUT2D eigenvalue weighted by molar-refractivity contribution is 6.30. The smallest absolute Gasteiger partial charge is 0.247 e. The highest BCUT2D eigenvalue weighted by Gasteiger charge is 2.31. The van der Waals surface area contributed by atoms with Crippen LogP contribution < -0.4 is 5.32 Å². The minimum Gasteiger partial charge on any atom is -0.419 e. The molecule has 0 amide bonds. The number of hydrogen-bond acceptors (Lipinski definition) is 4. The molecule has 1 heterocycles. The zero-order chi connectivity index (χ0) is 17.3. The lowest BCUT2D eigenvalue weighted by atomic mass is 9.78. The van der Waals surface area contributed by atoms with Crippen molar-refractivity contribution in [1.29, 1.82) is 0 Å². The van der Waals surface area contributed by atoms with Crippen LogP contribution in [-0.2, 0) is 18.5 Å². The van der Waals surface area contributed by atoms with Crippen molar-refractivity contribution in [3.8, 4) is 11.5 Å². The predicted molar refractivity (Wildman–Crippen MR) is 98.3 cm³/mol. The van der Waals surface area contributed by atoms with E-state index in [2.05, 4.69) is 46.7 Å². The first kappa shape index (κ1) is 16.3. The molecule has 0 unspecified atom stereocenters. The van der Waals surface area contributed by atoms with Gasteiger partial charge in [0.1, 0.15) is 0 Å². The topological polar surface area (TPSA) is 51.0 Å². The summed E-state index contributed by atoms with van der Waals surface area (Å²) >= 11 is 5.92. The first-order chi connectivity index (χ1) is 12.1. The van der Waals surface area contributed by atoms with E-state index in [9.17, 15) is 0 Å². The molecule has 0 saturated heterocycles. The summed E-state index contributed by atoms with van der Waals surface area (Å²) in [6.45, 7) is 2.80. The maximum atomic E-state index is 5.92. The molecule has 0 saturated carbocycles. The van der Waals surface area contributed by atoms with Gasteiger partial charge in [-0.05, 0) is 61.6 Å². The third-order valence-electron chi connectivity index (χ3n) is 4.92. The molecule has 25 heavy (non-hydrogen) atoms. The molecule has 4 nitrogen and oxygen atoms in total. The Morgan fingerprint density at radius 3 is 2.76 bits per heavy atom. The summed E-state index contributed by atoms with van der Waals surface area (Å²) < 4.78 is 5.81. The normalized spacial score (nSPS) is 19.6. The zero-order valence-electron chi connectivity index (χ0n) is 14.1. The third-order valence-corrected chi connectivity index (χ3v) is 5.17. The third kappa shape index (κ3) is 3.32. The van der Waals surface area contributed by atoms with Crippen molar-refractivity contribution in [3.05, 3.63) is 70.6 Å². The van der Waals surface area contributed by atoms with E-state index in [0.29, 0.717) is 23.3 Å². The first-order valence-electron chi connectivity index (χ1n) is 8.56. The summed E-state index contributed by atoms with van der Waals surface area (Å²) in [6.07, 6.45) is 3.43. The Morgan fingerprint density at radius 1 is 1.12 bits per heavy atom. The quantitative estimate of drug-likeness (QED) is 0.736. The molecular formula is C20H20ClN3O. The number of fused-ring (bicyclic) bond motifs is 1. The molecule has 1 aliphatic carbocycles. The van der Waals surface area contributed by atoms with Crippen LogP contribution in [0.1, 0.15) is 36.8 Å². The number of aromatic nitrogens is 2. The minimum absolute atomic E-state index is 0.0657. The van der Waals surface area contributed by atoms with Crippen molar-refractivity contribution in [2.24, 2.45) is 0 Å². The number of nitrogens with one attached hydrogen (secondary N) is 1. The molecule has 0 fully saturated rings. The van der Waals surface area contributed by atoms with Crippen LogP contribution in [0.3, 0.4) is 0 Å². The first-order valence-corrected chi connectivity index (χ1v) is 8.94. The van der Waals surface area contributed by atoms with Crippen LogP contribution in [0.25, 0.3) is 11.5 Å². The van der Waals surface area contributed by atoms with E-state index >= 15 is 0 Å². The second kappa shape index (κ2) is 6.62. The van der Waals surface area contributed by atoms with Gasteiger partial charge in [0.05, 0.1) is 6.54 Å². The predicted octanol–water partition coefficient (Wildman–Crippen LogP) is 4.73. The monoisotopic (exact) mass is 353 g/mol. The van der Waals surface area contributed by atoms with Crippen LogP contribution in [-0.4, -0.2) is 10.2 Å². The van der Waals surface area contributed by atoms with Crippen LogP contribution in [0.5, 0.6) is 0 Å². The van der Waals surface area contributed by atoms with Gasteiger partial charge in [-0.3, -0.25) is 5.32 Å². The molecule has 1 N–H and O–H groups in total. The maximum Gasteiger partial charge on any atom is 0.247 e. The molecule has 0 spiro atoms. The van der Waals surface area contributed by atoms with Gasteiger partial charge >= 0.3 is 0 Å². The SMILES string of the molecule is C[C@@]1(NCc2nnc(-c3ccc(Cl)cc3)o2)CCCc2ccccc21. The Bertz CT molecular complexity index is 875. The van der Waals surface area contributed by atoms with Crippen molar-refractivity contribution in [2.45, 2.75) is 38.3 Å². The van der Waals surface area contributed by atoms with E-state index in [1.54, 1.807) is 0 Å². The molecule has 0 bridgehead atoms. The average molecular weight is 354 g/mol. The van der Waals surface area contributed by atoms with Gasteiger partial charge in [-0.25, -0.2) is 0 Å². The molecule has 128 valence electrons. The lowest BCUT2D eigenvalue weighted by Crippen LogP contribution is -2.41. The van der Waals surface area contributed by atoms with Gasteiger partial charge < -0.3 is 4.42 Å². The lowest BCUT2D eigenvalue weighted by Gasteiger charge is -2.36. The van der Waals surface area contributed by atoms with Crippen LogP contribution in [0, 0.1) is 0 Å². The van der Waals surface area contributed by atoms with Crippen molar-refractivity contribution < 1.29 is 4.42 Å². The zero-order valence-corrected chi connectivity index (χ0v) is 14.9. The van der Waals surface area contributed by atoms with E-state index in [1.807, 2.05) is 24.3 Å². The highest BCUT2D eigenvalue weighted by atomic mass is 35.5. The second-order valence-electron chi connectivity index (χ2n) is 6.70. The van der Waals surface area contributed by atoms with Gasteiger partial charge in [-0.15, -0.1) is 10.2 Å². The fraction of sp³-hybridized carbons (Fsp3) is 0.300. The van der Waals surface area contributed by atoms with Gasteiger partial charge in [-0.2, -0.15) is 0 Å². The summed E-state index contributed by atoms with van der Waals surface area (Å²) in [4.78, 5) is 0. The summed E-state index contributed by atoms with van der Waals surface area (Å²) in [6, 6.07) is 16.1. The molecule has 0 radical (unpaired) electrons. The largest absolute Gasteiger partial charge is 0.419 e. The minimum atomic E-state index is -0.0657. The van der Waals surface area contributed by atoms with E-state index in [1.165, 1.54) is 17.5 Å². The molecule has 5 heteroatoms. The van der Waals surface area contributed by atoms with Crippen molar-refractivity contribution in [2.75, 3.05) is 0 Å². The van der Waals surface area contributed by atoms with Crippen molar-refractivity contribution >= 4 is 11.6 Å². The summed E-state index contributed by atoms with van der Waals surface area (Å²) in [5.74, 6) is 1.11. The van der Waals surface area contributed by atoms with Crippen LogP contribution in [0.15, 0.2) is 52.9 Å². The molecule has 3 aromatic rings. The molecular weight excluding hydrogens is 334 g/mol. The van der Waals surface area contributed by atoms with Gasteiger partial charge in [0.25, 0.3) is 0 Å². The molecule has 4 rings (SSSR count). The number of benzene rings is 2. The van der Waals surface area contributed by atoms with Crippen LogP contribution in [0.2, 0.25) is 5.02 Å². The van der Waals surface area contributed by atoms with Crippen LogP contribution >= 0.6 is 11.6 Å². The Balaban J connectivity index is 1.50. The molecule has 0 aliphatic heterocycles. The van der Waals surface area contributed by atoms with E-state index in [-0.39, 0.29) is 5.54 Å². The Morgan fingerprint density at radius 2 is 1.92 bits per heavy atom. The van der Waals surface area contributed by atoms with E-state index < -0.39 is 0 Å². The van der Waals surface area contributed by atoms with Crippen LogP contribution in [0.4, 0.5) is 0 Å². The fourth-order valence-electron chi connectivity index (χ4n) is 3.53. The maximum absolute atomic E-state index is 5.92. The number of aryl methyl sites for hydroxylation is 1. The number of hydrogen-bond donors (Lipinski definition) is 1. The Kier molecular flexibility index (Phi) is 4.32. The van der Waals surface area contributed by atoms with Gasteiger partial charge in [0, 0.05) is 16.1 Å². The molecule has 1 atom stereocenters. The van der Waals surface area contributed by atoms with Gasteiger partial charge in [0.15, 0.2) is 0 Å². The summed E-state index contributed by atoms with van der Waals surface area (Å²) in [7, 11) is 0. The standard InChI is InChI=1S/C20H20ClN3O/c1-20(12-4-6-14-5-2-3-7-17(14)20)22-13-18-23-24-19(25-18)15-8-10-16(21)11-9-15/h2-3,5,7-11,22H,4,6,12-13H2,1H3/t20-/m1/s1. The van der Waals surface area contributed by atoms with Gasteiger partial charge in [-0.1, -0.05) is 35.9 Å². The molecule has 1 aromatic heterocycles. The molecule has 1 aliphatic rings. The van der Waals surface area contributed by atoms with Gasteiger partial charge in [0.2, 0.25) is 11.8 Å². The average Bonchev–Trinajstić information content (AvgIpc) is 3.10.